The minimum absolute atomic E-state index is 0.104. The Balaban J connectivity index is 2.20. The third-order valence-corrected chi connectivity index (χ3v) is 6.34. The van der Waals surface area contributed by atoms with Crippen LogP contribution in [0, 0.1) is 0 Å². The molecule has 0 aromatic heterocycles. The summed E-state index contributed by atoms with van der Waals surface area (Å²) in [5, 5.41) is 0. The van der Waals surface area contributed by atoms with Crippen molar-refractivity contribution in [3.05, 3.63) is 22.7 Å². The van der Waals surface area contributed by atoms with E-state index >= 15 is 0 Å². The molecule has 0 spiro atoms. The van der Waals surface area contributed by atoms with Gasteiger partial charge in [-0.25, -0.2) is 13.2 Å². The zero-order valence-electron chi connectivity index (χ0n) is 15.7. The lowest BCUT2D eigenvalue weighted by atomic mass is 10.2. The molecule has 1 aliphatic heterocycles. The van der Waals surface area contributed by atoms with E-state index in [-0.39, 0.29) is 36.3 Å². The number of carbonyl (C=O) groups is 1. The maximum Gasteiger partial charge on any atom is 0.410 e. The Morgan fingerprint density at radius 1 is 1.27 bits per heavy atom. The van der Waals surface area contributed by atoms with Crippen LogP contribution in [0.1, 0.15) is 27.7 Å². The van der Waals surface area contributed by atoms with Crippen LogP contribution < -0.4 is 4.74 Å². The number of nitrogens with zero attached hydrogens (tertiary/aromatic N) is 2. The standard InChI is InChI=1S/C17H25BrN2O5S/c1-12-11-19(8-9-20(12)16(21)25-17(2,3)4)26(22,23)15-10-13(18)6-7-14(15)24-5/h6-7,10,12H,8-9,11H2,1-5H3/t12-/m0/s1. The van der Waals surface area contributed by atoms with Crippen molar-refractivity contribution in [2.24, 2.45) is 0 Å². The molecule has 1 aliphatic rings. The Morgan fingerprint density at radius 3 is 2.46 bits per heavy atom. The fourth-order valence-corrected chi connectivity index (χ4v) is 4.93. The first-order chi connectivity index (χ1) is 12.0. The second-order valence-electron chi connectivity index (χ2n) is 7.18. The highest BCUT2D eigenvalue weighted by atomic mass is 79.9. The number of piperazine rings is 1. The van der Waals surface area contributed by atoms with E-state index in [4.69, 9.17) is 9.47 Å². The molecule has 1 aromatic rings. The molecule has 146 valence electrons. The van der Waals surface area contributed by atoms with E-state index in [2.05, 4.69) is 15.9 Å². The molecule has 1 fully saturated rings. The fourth-order valence-electron chi connectivity index (χ4n) is 2.73. The topological polar surface area (TPSA) is 76.2 Å². The number of halogens is 1. The van der Waals surface area contributed by atoms with E-state index in [1.54, 1.807) is 37.8 Å². The van der Waals surface area contributed by atoms with E-state index in [1.807, 2.05) is 6.92 Å². The largest absolute Gasteiger partial charge is 0.495 e. The maximum absolute atomic E-state index is 13.1. The lowest BCUT2D eigenvalue weighted by Gasteiger charge is -2.39. The molecular formula is C17H25BrN2O5S. The van der Waals surface area contributed by atoms with Crippen LogP contribution in [0.25, 0.3) is 0 Å². The normalized spacial score (nSPS) is 19.3. The summed E-state index contributed by atoms with van der Waals surface area (Å²) in [7, 11) is -2.31. The van der Waals surface area contributed by atoms with Crippen LogP contribution in [0.3, 0.4) is 0 Å². The van der Waals surface area contributed by atoms with Gasteiger partial charge >= 0.3 is 6.09 Å². The average Bonchev–Trinajstić information content (AvgIpc) is 2.52. The molecule has 0 aliphatic carbocycles. The minimum Gasteiger partial charge on any atom is -0.495 e. The maximum atomic E-state index is 13.1. The summed E-state index contributed by atoms with van der Waals surface area (Å²) in [5.74, 6) is 0.287. The van der Waals surface area contributed by atoms with E-state index in [0.717, 1.165) is 0 Å². The van der Waals surface area contributed by atoms with Crippen LogP contribution in [0.5, 0.6) is 5.75 Å². The van der Waals surface area contributed by atoms with E-state index < -0.39 is 21.7 Å². The molecule has 1 amide bonds. The Labute approximate surface area is 163 Å². The monoisotopic (exact) mass is 448 g/mol. The lowest BCUT2D eigenvalue weighted by molar-refractivity contribution is 0.00858. The lowest BCUT2D eigenvalue weighted by Crippen LogP contribution is -2.56. The van der Waals surface area contributed by atoms with Gasteiger partial charge in [-0.05, 0) is 45.9 Å². The highest BCUT2D eigenvalue weighted by Gasteiger charge is 2.37. The summed E-state index contributed by atoms with van der Waals surface area (Å²) in [4.78, 5) is 14.0. The summed E-state index contributed by atoms with van der Waals surface area (Å²) in [6, 6.07) is 4.56. The van der Waals surface area contributed by atoms with Crippen LogP contribution >= 0.6 is 15.9 Å². The molecule has 7 nitrogen and oxygen atoms in total. The van der Waals surface area contributed by atoms with Crippen molar-refractivity contribution in [2.75, 3.05) is 26.7 Å². The van der Waals surface area contributed by atoms with Crippen molar-refractivity contribution in [3.63, 3.8) is 0 Å². The van der Waals surface area contributed by atoms with Crippen LogP contribution in [-0.2, 0) is 14.8 Å². The van der Waals surface area contributed by atoms with Gasteiger partial charge < -0.3 is 14.4 Å². The van der Waals surface area contributed by atoms with Gasteiger partial charge in [0.15, 0.2) is 0 Å². The number of rotatable bonds is 3. The predicted octanol–water partition coefficient (Wildman–Crippen LogP) is 3.09. The van der Waals surface area contributed by atoms with Crippen molar-refractivity contribution < 1.29 is 22.7 Å². The molecule has 1 saturated heterocycles. The molecule has 1 atom stereocenters. The first-order valence-electron chi connectivity index (χ1n) is 8.29. The molecule has 0 unspecified atom stereocenters. The number of hydrogen-bond acceptors (Lipinski definition) is 5. The van der Waals surface area contributed by atoms with Gasteiger partial charge in [0.05, 0.1) is 7.11 Å². The first-order valence-corrected chi connectivity index (χ1v) is 10.5. The third-order valence-electron chi connectivity index (χ3n) is 3.96. The quantitative estimate of drug-likeness (QED) is 0.709. The number of methoxy groups -OCH3 is 1. The molecule has 0 bridgehead atoms. The molecule has 1 heterocycles. The summed E-state index contributed by atoms with van der Waals surface area (Å²) in [6.07, 6.45) is -0.429. The van der Waals surface area contributed by atoms with Crippen LogP contribution in [0.15, 0.2) is 27.6 Å². The molecule has 0 N–H and O–H groups in total. The zero-order valence-corrected chi connectivity index (χ0v) is 18.1. The summed E-state index contributed by atoms with van der Waals surface area (Å²) in [5.41, 5.74) is -0.594. The number of hydrogen-bond donors (Lipinski definition) is 0. The predicted molar refractivity (Wildman–Crippen MR) is 102 cm³/mol. The Morgan fingerprint density at radius 2 is 1.92 bits per heavy atom. The second-order valence-corrected chi connectivity index (χ2v) is 10.0. The van der Waals surface area contributed by atoms with Crippen molar-refractivity contribution in [1.29, 1.82) is 0 Å². The van der Waals surface area contributed by atoms with Gasteiger partial charge in [-0.2, -0.15) is 4.31 Å². The number of benzene rings is 1. The molecule has 1 aromatic carbocycles. The zero-order chi connectivity index (χ0) is 19.7. The molecule has 0 saturated carbocycles. The number of amides is 1. The first kappa shape index (κ1) is 21.0. The average molecular weight is 449 g/mol. The van der Waals surface area contributed by atoms with E-state index in [9.17, 15) is 13.2 Å². The van der Waals surface area contributed by atoms with Gasteiger partial charge in [0.25, 0.3) is 0 Å². The molecule has 26 heavy (non-hydrogen) atoms. The molecular weight excluding hydrogens is 424 g/mol. The summed E-state index contributed by atoms with van der Waals surface area (Å²) in [6.45, 7) is 7.87. The Kier molecular flexibility index (Phi) is 6.24. The highest BCUT2D eigenvalue weighted by molar-refractivity contribution is 9.10. The van der Waals surface area contributed by atoms with E-state index in [1.165, 1.54) is 17.5 Å². The second kappa shape index (κ2) is 7.74. The Bertz CT molecular complexity index is 776. The molecule has 9 heteroatoms. The van der Waals surface area contributed by atoms with Crippen molar-refractivity contribution in [2.45, 2.75) is 44.2 Å². The van der Waals surface area contributed by atoms with Gasteiger partial charge in [0, 0.05) is 30.1 Å². The number of carbonyl (C=O) groups excluding carboxylic acids is 1. The number of sulfonamides is 1. The smallest absolute Gasteiger partial charge is 0.410 e. The molecule has 2 rings (SSSR count). The summed E-state index contributed by atoms with van der Waals surface area (Å²) >= 11 is 3.30. The van der Waals surface area contributed by atoms with Crippen LogP contribution in [0.4, 0.5) is 4.79 Å². The van der Waals surface area contributed by atoms with Gasteiger partial charge in [0.2, 0.25) is 10.0 Å². The fraction of sp³-hybridized carbons (Fsp3) is 0.588. The van der Waals surface area contributed by atoms with Gasteiger partial charge in [0.1, 0.15) is 16.2 Å². The van der Waals surface area contributed by atoms with Crippen LogP contribution in [0.2, 0.25) is 0 Å². The van der Waals surface area contributed by atoms with Gasteiger partial charge in [-0.3, -0.25) is 0 Å². The molecule has 0 radical (unpaired) electrons. The third kappa shape index (κ3) is 4.69. The van der Waals surface area contributed by atoms with Gasteiger partial charge in [-0.15, -0.1) is 0 Å². The summed E-state index contributed by atoms with van der Waals surface area (Å²) < 4.78 is 38.8. The Hall–Kier alpha value is -1.32. The van der Waals surface area contributed by atoms with Crippen molar-refractivity contribution in [3.8, 4) is 5.75 Å². The van der Waals surface area contributed by atoms with Crippen molar-refractivity contribution >= 4 is 32.0 Å². The van der Waals surface area contributed by atoms with Crippen molar-refractivity contribution in [1.82, 2.24) is 9.21 Å². The van der Waals surface area contributed by atoms with Gasteiger partial charge in [-0.1, -0.05) is 15.9 Å². The van der Waals surface area contributed by atoms with Crippen LogP contribution in [-0.4, -0.2) is 62.1 Å². The minimum atomic E-state index is -3.74. The number of ether oxygens (including phenoxy) is 2. The highest BCUT2D eigenvalue weighted by Crippen LogP contribution is 2.31. The SMILES string of the molecule is COc1ccc(Br)cc1S(=O)(=O)N1CCN(C(=O)OC(C)(C)C)[C@@H](C)C1. The van der Waals surface area contributed by atoms with E-state index in [0.29, 0.717) is 4.47 Å².